The normalized spacial score (nSPS) is 15.3. The van der Waals surface area contributed by atoms with Crippen molar-refractivity contribution >= 4 is 18.1 Å². The Balaban J connectivity index is 2.19. The highest BCUT2D eigenvalue weighted by Crippen LogP contribution is 2.46. The van der Waals surface area contributed by atoms with E-state index in [1.165, 1.54) is 6.20 Å². The largest absolute Gasteiger partial charge is 0.418 e. The molecule has 1 amide bonds. The number of rotatable bonds is 4. The van der Waals surface area contributed by atoms with Crippen molar-refractivity contribution in [1.82, 2.24) is 15.1 Å². The number of nitrogens with two attached hydrogens (primary N) is 1. The van der Waals surface area contributed by atoms with Crippen molar-refractivity contribution in [2.24, 2.45) is 10.7 Å². The first-order valence-corrected chi connectivity index (χ1v) is 7.31. The number of aliphatic imine (C=N–C) groups is 1. The molecule has 10 heteroatoms. The Morgan fingerprint density at radius 3 is 2.72 bits per heavy atom. The zero-order chi connectivity index (χ0) is 18.2. The van der Waals surface area contributed by atoms with E-state index in [1.54, 1.807) is 0 Å². The van der Waals surface area contributed by atoms with Crippen LogP contribution < -0.4 is 11.1 Å². The highest BCUT2D eigenvalue weighted by atomic mass is 19.4. The van der Waals surface area contributed by atoms with Crippen molar-refractivity contribution in [2.45, 2.75) is 24.9 Å². The van der Waals surface area contributed by atoms with Crippen LogP contribution in [0.15, 0.2) is 29.4 Å². The third-order valence-electron chi connectivity index (χ3n) is 3.70. The maximum Gasteiger partial charge on any atom is 0.418 e. The van der Waals surface area contributed by atoms with Crippen molar-refractivity contribution in [3.8, 4) is 5.69 Å². The third kappa shape index (κ3) is 3.32. The van der Waals surface area contributed by atoms with Crippen LogP contribution in [0.1, 0.15) is 30.0 Å². The van der Waals surface area contributed by atoms with E-state index in [-0.39, 0.29) is 17.6 Å². The number of guanidine groups is 1. The molecule has 1 aliphatic rings. The Hall–Kier alpha value is -2.91. The van der Waals surface area contributed by atoms with Gasteiger partial charge in [-0.25, -0.2) is 14.1 Å². The maximum absolute atomic E-state index is 14.2. The molecule has 132 valence electrons. The molecule has 1 heterocycles. The molecule has 1 aliphatic carbocycles. The fourth-order valence-corrected chi connectivity index (χ4v) is 2.53. The third-order valence-corrected chi connectivity index (χ3v) is 3.70. The zero-order valence-electron chi connectivity index (χ0n) is 12.7. The van der Waals surface area contributed by atoms with Crippen molar-refractivity contribution in [3.05, 3.63) is 41.5 Å². The van der Waals surface area contributed by atoms with E-state index in [4.69, 9.17) is 5.73 Å². The SMILES string of the molecule is NC(=Nc1cnn(-c2c(F)cccc2C(F)(F)F)c1C1CC1)NC=O. The quantitative estimate of drug-likeness (QED) is 0.383. The lowest BCUT2D eigenvalue weighted by atomic mass is 10.1. The van der Waals surface area contributed by atoms with Crippen LogP contribution in [0.5, 0.6) is 0 Å². The number of hydrogen-bond donors (Lipinski definition) is 2. The molecule has 1 aromatic carbocycles. The summed E-state index contributed by atoms with van der Waals surface area (Å²) >= 11 is 0. The lowest BCUT2D eigenvalue weighted by Gasteiger charge is -2.15. The lowest BCUT2D eigenvalue weighted by molar-refractivity contribution is -0.137. The van der Waals surface area contributed by atoms with Gasteiger partial charge >= 0.3 is 6.18 Å². The number of carbonyl (C=O) groups is 1. The van der Waals surface area contributed by atoms with E-state index in [0.717, 1.165) is 22.9 Å². The van der Waals surface area contributed by atoms with Crippen LogP contribution in [-0.2, 0) is 11.0 Å². The average molecular weight is 355 g/mol. The molecule has 0 atom stereocenters. The minimum Gasteiger partial charge on any atom is -0.369 e. The van der Waals surface area contributed by atoms with Gasteiger partial charge in [-0.2, -0.15) is 18.3 Å². The predicted octanol–water partition coefficient (Wildman–Crippen LogP) is 2.60. The maximum atomic E-state index is 14.2. The van der Waals surface area contributed by atoms with E-state index in [1.807, 2.05) is 0 Å². The Kier molecular flexibility index (Phi) is 4.19. The highest BCUT2D eigenvalue weighted by molar-refractivity contribution is 5.89. The molecular weight excluding hydrogens is 342 g/mol. The molecule has 3 N–H and O–H groups in total. The van der Waals surface area contributed by atoms with Crippen molar-refractivity contribution < 1.29 is 22.4 Å². The molecule has 0 radical (unpaired) electrons. The standard InChI is InChI=1S/C15H13F4N5O/c16-10-3-1-2-9(15(17,18)19)13(10)24-12(8-4-5-8)11(6-22-24)23-14(20)21-7-25/h1-3,6-8H,4-5H2,(H3,20,21,23,25). The summed E-state index contributed by atoms with van der Waals surface area (Å²) in [5, 5.41) is 6.03. The Bertz CT molecular complexity index is 839. The summed E-state index contributed by atoms with van der Waals surface area (Å²) in [6, 6.07) is 2.73. The van der Waals surface area contributed by atoms with Crippen LogP contribution in [0, 0.1) is 5.82 Å². The van der Waals surface area contributed by atoms with Crippen LogP contribution >= 0.6 is 0 Å². The second-order valence-electron chi connectivity index (χ2n) is 5.49. The van der Waals surface area contributed by atoms with E-state index in [0.29, 0.717) is 24.9 Å². The minimum absolute atomic E-state index is 0.106. The van der Waals surface area contributed by atoms with Gasteiger partial charge in [0.25, 0.3) is 0 Å². The summed E-state index contributed by atoms with van der Waals surface area (Å²) in [5.74, 6) is -1.39. The zero-order valence-corrected chi connectivity index (χ0v) is 12.7. The van der Waals surface area contributed by atoms with Gasteiger partial charge in [0.2, 0.25) is 6.41 Å². The summed E-state index contributed by atoms with van der Waals surface area (Å²) in [4.78, 5) is 14.3. The van der Waals surface area contributed by atoms with E-state index < -0.39 is 23.2 Å². The summed E-state index contributed by atoms with van der Waals surface area (Å²) in [6.07, 6.45) is -1.81. The Labute approximate surface area is 139 Å². The van der Waals surface area contributed by atoms with Gasteiger partial charge in [-0.05, 0) is 25.0 Å². The van der Waals surface area contributed by atoms with E-state index in [2.05, 4.69) is 15.4 Å². The van der Waals surface area contributed by atoms with Crippen LogP contribution in [0.2, 0.25) is 0 Å². The molecule has 1 fully saturated rings. The molecule has 1 aromatic heterocycles. The van der Waals surface area contributed by atoms with Crippen LogP contribution in [-0.4, -0.2) is 22.2 Å². The topological polar surface area (TPSA) is 85.3 Å². The second-order valence-corrected chi connectivity index (χ2v) is 5.49. The number of hydrogen-bond acceptors (Lipinski definition) is 3. The summed E-state index contributed by atoms with van der Waals surface area (Å²) in [7, 11) is 0. The van der Waals surface area contributed by atoms with Gasteiger partial charge in [-0.15, -0.1) is 0 Å². The van der Waals surface area contributed by atoms with Crippen LogP contribution in [0.4, 0.5) is 23.2 Å². The van der Waals surface area contributed by atoms with Crippen LogP contribution in [0.25, 0.3) is 5.69 Å². The Morgan fingerprint density at radius 1 is 1.40 bits per heavy atom. The fourth-order valence-electron chi connectivity index (χ4n) is 2.53. The fraction of sp³-hybridized carbons (Fsp3) is 0.267. The number of carbonyl (C=O) groups excluding carboxylic acids is 1. The smallest absolute Gasteiger partial charge is 0.369 e. The predicted molar refractivity (Wildman–Crippen MR) is 81.0 cm³/mol. The molecule has 0 saturated heterocycles. The number of nitrogens with zero attached hydrogens (tertiary/aromatic N) is 3. The van der Waals surface area contributed by atoms with Gasteiger partial charge in [0.15, 0.2) is 5.96 Å². The first kappa shape index (κ1) is 16.9. The van der Waals surface area contributed by atoms with Gasteiger partial charge in [0.1, 0.15) is 17.2 Å². The first-order chi connectivity index (χ1) is 11.8. The number of para-hydroxylation sites is 1. The molecule has 2 aromatic rings. The van der Waals surface area contributed by atoms with Gasteiger partial charge in [0, 0.05) is 5.92 Å². The monoisotopic (exact) mass is 355 g/mol. The van der Waals surface area contributed by atoms with Gasteiger partial charge in [-0.1, -0.05) is 6.07 Å². The van der Waals surface area contributed by atoms with E-state index in [9.17, 15) is 22.4 Å². The number of amides is 1. The van der Waals surface area contributed by atoms with Gasteiger partial charge in [0.05, 0.1) is 17.5 Å². The lowest BCUT2D eigenvalue weighted by Crippen LogP contribution is -2.29. The number of alkyl halides is 3. The molecule has 3 rings (SSSR count). The summed E-state index contributed by atoms with van der Waals surface area (Å²) in [6.45, 7) is 0. The van der Waals surface area contributed by atoms with Crippen molar-refractivity contribution in [3.63, 3.8) is 0 Å². The Morgan fingerprint density at radius 2 is 2.12 bits per heavy atom. The molecule has 0 aliphatic heterocycles. The molecule has 1 saturated carbocycles. The first-order valence-electron chi connectivity index (χ1n) is 7.31. The highest BCUT2D eigenvalue weighted by Gasteiger charge is 2.38. The summed E-state index contributed by atoms with van der Waals surface area (Å²) in [5.41, 5.74) is 4.20. The van der Waals surface area contributed by atoms with E-state index >= 15 is 0 Å². The molecule has 0 unspecified atom stereocenters. The van der Waals surface area contributed by atoms with Crippen molar-refractivity contribution in [1.29, 1.82) is 0 Å². The molecule has 0 bridgehead atoms. The van der Waals surface area contributed by atoms with Crippen LogP contribution in [0.3, 0.4) is 0 Å². The number of aromatic nitrogens is 2. The molecule has 25 heavy (non-hydrogen) atoms. The van der Waals surface area contributed by atoms with Crippen molar-refractivity contribution in [2.75, 3.05) is 0 Å². The average Bonchev–Trinajstić information content (AvgIpc) is 3.28. The number of nitrogens with one attached hydrogen (secondary N) is 1. The second kappa shape index (κ2) is 6.19. The minimum atomic E-state index is -4.74. The molecule has 6 nitrogen and oxygen atoms in total. The summed E-state index contributed by atoms with van der Waals surface area (Å²) < 4.78 is 55.0. The molecule has 0 spiro atoms. The number of halogens is 4. The number of benzene rings is 1. The van der Waals surface area contributed by atoms with Gasteiger partial charge in [-0.3, -0.25) is 10.1 Å². The van der Waals surface area contributed by atoms with Gasteiger partial charge < -0.3 is 5.73 Å². The molecular formula is C15H13F4N5O.